The van der Waals surface area contributed by atoms with Crippen molar-refractivity contribution >= 4 is 29.9 Å². The van der Waals surface area contributed by atoms with Crippen molar-refractivity contribution in [2.24, 2.45) is 16.6 Å². The summed E-state index contributed by atoms with van der Waals surface area (Å²) in [5.74, 6) is 1.40. The minimum Gasteiger partial charge on any atom is -0.370 e. The van der Waals surface area contributed by atoms with E-state index in [1.54, 1.807) is 0 Å². The Balaban J connectivity index is 0.00000180. The average Bonchev–Trinajstić information content (AvgIpc) is 2.28. The van der Waals surface area contributed by atoms with Gasteiger partial charge in [0.15, 0.2) is 5.96 Å². The summed E-state index contributed by atoms with van der Waals surface area (Å²) in [6, 6.07) is 0.529. The molecule has 19 heavy (non-hydrogen) atoms. The highest BCUT2D eigenvalue weighted by Crippen LogP contribution is 2.26. The molecule has 2 aliphatic rings. The number of piperazine rings is 1. The number of halogens is 1. The van der Waals surface area contributed by atoms with Gasteiger partial charge < -0.3 is 16.0 Å². The van der Waals surface area contributed by atoms with E-state index in [4.69, 9.17) is 5.73 Å². The van der Waals surface area contributed by atoms with Gasteiger partial charge in [-0.05, 0) is 32.9 Å². The Hall–Kier alpha value is -0.0800. The number of aliphatic imine (C=N–C) groups is 1. The third-order valence-corrected chi connectivity index (χ3v) is 4.24. The molecule has 1 unspecified atom stereocenters. The van der Waals surface area contributed by atoms with Crippen LogP contribution in [0.4, 0.5) is 0 Å². The SMILES string of the molecule is CN1CCN(C)C(CNC(N)=NCC2CCC2)C1.I. The minimum absolute atomic E-state index is 0. The summed E-state index contributed by atoms with van der Waals surface area (Å²) < 4.78 is 0. The van der Waals surface area contributed by atoms with Crippen LogP contribution in [0.3, 0.4) is 0 Å². The molecule has 0 radical (unpaired) electrons. The number of rotatable bonds is 4. The first-order chi connectivity index (χ1) is 8.65. The van der Waals surface area contributed by atoms with Crippen molar-refractivity contribution in [2.45, 2.75) is 25.3 Å². The van der Waals surface area contributed by atoms with Gasteiger partial charge in [-0.2, -0.15) is 0 Å². The largest absolute Gasteiger partial charge is 0.370 e. The lowest BCUT2D eigenvalue weighted by molar-refractivity contribution is 0.116. The van der Waals surface area contributed by atoms with E-state index >= 15 is 0 Å². The van der Waals surface area contributed by atoms with E-state index < -0.39 is 0 Å². The second kappa shape index (κ2) is 8.26. The van der Waals surface area contributed by atoms with E-state index in [9.17, 15) is 0 Å². The lowest BCUT2D eigenvalue weighted by Gasteiger charge is -2.37. The van der Waals surface area contributed by atoms with Crippen LogP contribution in [0.2, 0.25) is 0 Å². The fourth-order valence-corrected chi connectivity index (χ4v) is 2.50. The van der Waals surface area contributed by atoms with Crippen molar-refractivity contribution in [3.8, 4) is 0 Å². The van der Waals surface area contributed by atoms with Crippen molar-refractivity contribution in [1.82, 2.24) is 15.1 Å². The first-order valence-corrected chi connectivity index (χ1v) is 7.07. The molecule has 2 rings (SSSR count). The van der Waals surface area contributed by atoms with Gasteiger partial charge in [0, 0.05) is 38.8 Å². The summed E-state index contributed by atoms with van der Waals surface area (Å²) in [5.41, 5.74) is 5.90. The molecule has 3 N–H and O–H groups in total. The first-order valence-electron chi connectivity index (χ1n) is 7.07. The molecule has 1 saturated heterocycles. The van der Waals surface area contributed by atoms with E-state index in [2.05, 4.69) is 34.2 Å². The van der Waals surface area contributed by atoms with Crippen molar-refractivity contribution < 1.29 is 0 Å². The highest BCUT2D eigenvalue weighted by Gasteiger charge is 2.22. The lowest BCUT2D eigenvalue weighted by Crippen LogP contribution is -2.55. The van der Waals surface area contributed by atoms with E-state index in [0.717, 1.165) is 38.6 Å². The predicted molar refractivity (Wildman–Crippen MR) is 91.2 cm³/mol. The summed E-state index contributed by atoms with van der Waals surface area (Å²) in [7, 11) is 4.36. The second-order valence-corrected chi connectivity index (χ2v) is 5.80. The number of hydrogen-bond acceptors (Lipinski definition) is 3. The zero-order valence-corrected chi connectivity index (χ0v) is 14.5. The number of nitrogens with one attached hydrogen (secondary N) is 1. The van der Waals surface area contributed by atoms with Crippen LogP contribution in [0.5, 0.6) is 0 Å². The maximum Gasteiger partial charge on any atom is 0.188 e. The molecular formula is C13H28IN5. The van der Waals surface area contributed by atoms with Crippen LogP contribution >= 0.6 is 24.0 Å². The number of guanidine groups is 1. The summed E-state index contributed by atoms with van der Waals surface area (Å²) in [5, 5.41) is 3.27. The van der Waals surface area contributed by atoms with Crippen molar-refractivity contribution in [3.05, 3.63) is 0 Å². The van der Waals surface area contributed by atoms with Crippen LogP contribution in [0.25, 0.3) is 0 Å². The number of nitrogens with zero attached hydrogens (tertiary/aromatic N) is 3. The van der Waals surface area contributed by atoms with Gasteiger partial charge in [0.25, 0.3) is 0 Å². The fourth-order valence-electron chi connectivity index (χ4n) is 2.50. The lowest BCUT2D eigenvalue weighted by atomic mass is 9.86. The summed E-state index contributed by atoms with van der Waals surface area (Å²) >= 11 is 0. The molecule has 5 nitrogen and oxygen atoms in total. The van der Waals surface area contributed by atoms with Crippen molar-refractivity contribution in [3.63, 3.8) is 0 Å². The second-order valence-electron chi connectivity index (χ2n) is 5.80. The number of likely N-dealkylation sites (N-methyl/N-ethyl adjacent to an activating group) is 2. The van der Waals surface area contributed by atoms with E-state index in [1.165, 1.54) is 19.3 Å². The first kappa shape index (κ1) is 17.0. The summed E-state index contributed by atoms with van der Waals surface area (Å²) in [6.07, 6.45) is 4.02. The van der Waals surface area contributed by atoms with Crippen molar-refractivity contribution in [1.29, 1.82) is 0 Å². The summed E-state index contributed by atoms with van der Waals surface area (Å²) in [4.78, 5) is 9.19. The highest BCUT2D eigenvalue weighted by atomic mass is 127. The molecule has 112 valence electrons. The quantitative estimate of drug-likeness (QED) is 0.425. The maximum absolute atomic E-state index is 5.90. The van der Waals surface area contributed by atoms with Crippen LogP contribution in [0, 0.1) is 5.92 Å². The fraction of sp³-hybridized carbons (Fsp3) is 0.923. The molecule has 6 heteroatoms. The van der Waals surface area contributed by atoms with Gasteiger partial charge in [-0.1, -0.05) is 6.42 Å². The molecule has 1 saturated carbocycles. The third kappa shape index (κ3) is 5.43. The number of nitrogens with two attached hydrogens (primary N) is 1. The zero-order chi connectivity index (χ0) is 13.0. The van der Waals surface area contributed by atoms with Gasteiger partial charge in [0.05, 0.1) is 0 Å². The van der Waals surface area contributed by atoms with Crippen molar-refractivity contribution in [2.75, 3.05) is 46.8 Å². The highest BCUT2D eigenvalue weighted by molar-refractivity contribution is 14.0. The van der Waals surface area contributed by atoms with Gasteiger partial charge in [0.2, 0.25) is 0 Å². The molecule has 1 heterocycles. The average molecular weight is 381 g/mol. The van der Waals surface area contributed by atoms with Gasteiger partial charge in [0.1, 0.15) is 0 Å². The molecule has 0 aromatic rings. The van der Waals surface area contributed by atoms with Crippen LogP contribution in [0.1, 0.15) is 19.3 Å². The molecule has 1 atom stereocenters. The Morgan fingerprint density at radius 1 is 1.32 bits per heavy atom. The van der Waals surface area contributed by atoms with Crippen LogP contribution < -0.4 is 11.1 Å². The van der Waals surface area contributed by atoms with Gasteiger partial charge in [-0.15, -0.1) is 24.0 Å². The Bertz CT molecular complexity index is 293. The summed E-state index contributed by atoms with van der Waals surface area (Å²) in [6.45, 7) is 5.17. The minimum atomic E-state index is 0. The predicted octanol–water partition coefficient (Wildman–Crippen LogP) is 0.555. The Morgan fingerprint density at radius 2 is 2.05 bits per heavy atom. The third-order valence-electron chi connectivity index (χ3n) is 4.24. The maximum atomic E-state index is 5.90. The van der Waals surface area contributed by atoms with E-state index in [1.807, 2.05) is 0 Å². The van der Waals surface area contributed by atoms with E-state index in [-0.39, 0.29) is 24.0 Å². The number of hydrogen-bond donors (Lipinski definition) is 2. The van der Waals surface area contributed by atoms with E-state index in [0.29, 0.717) is 12.0 Å². The molecule has 1 aliphatic carbocycles. The normalized spacial score (nSPS) is 26.6. The molecule has 0 bridgehead atoms. The topological polar surface area (TPSA) is 56.9 Å². The Kier molecular flexibility index (Phi) is 7.38. The molecule has 0 spiro atoms. The van der Waals surface area contributed by atoms with Gasteiger partial charge in [-0.25, -0.2) is 0 Å². The van der Waals surface area contributed by atoms with Crippen LogP contribution in [0.15, 0.2) is 4.99 Å². The smallest absolute Gasteiger partial charge is 0.188 e. The molecular weight excluding hydrogens is 353 g/mol. The molecule has 0 amide bonds. The Morgan fingerprint density at radius 3 is 2.68 bits per heavy atom. The molecule has 0 aromatic carbocycles. The Labute approximate surface area is 134 Å². The monoisotopic (exact) mass is 381 g/mol. The molecule has 2 fully saturated rings. The van der Waals surface area contributed by atoms with Gasteiger partial charge >= 0.3 is 0 Å². The van der Waals surface area contributed by atoms with Crippen LogP contribution in [-0.4, -0.2) is 68.6 Å². The molecule has 1 aliphatic heterocycles. The zero-order valence-electron chi connectivity index (χ0n) is 12.1. The van der Waals surface area contributed by atoms with Crippen LogP contribution in [-0.2, 0) is 0 Å². The standard InChI is InChI=1S/C13H27N5.HI/c1-17-6-7-18(2)12(10-17)9-16-13(14)15-8-11-4-3-5-11;/h11-12H,3-10H2,1-2H3,(H3,14,15,16);1H. The molecule has 0 aromatic heterocycles. The van der Waals surface area contributed by atoms with Gasteiger partial charge in [-0.3, -0.25) is 9.89 Å².